The number of carbonyl (C=O) groups is 2. The molecular weight excluding hydrogens is 225 g/mol. The van der Waals surface area contributed by atoms with E-state index in [1.165, 1.54) is 25.2 Å². The summed E-state index contributed by atoms with van der Waals surface area (Å²) in [5, 5.41) is 7.81. The van der Waals surface area contributed by atoms with Gasteiger partial charge < -0.3 is 10.6 Å². The van der Waals surface area contributed by atoms with Gasteiger partial charge in [-0.3, -0.25) is 14.9 Å². The SMILES string of the molecule is CNC(=O)CNC1C(=O)Nc2cc(F)ccc21. The van der Waals surface area contributed by atoms with E-state index in [1.54, 1.807) is 0 Å². The fraction of sp³-hybridized carbons (Fsp3) is 0.273. The third-order valence-electron chi connectivity index (χ3n) is 2.59. The van der Waals surface area contributed by atoms with E-state index >= 15 is 0 Å². The van der Waals surface area contributed by atoms with Crippen LogP contribution in [0.1, 0.15) is 11.6 Å². The summed E-state index contributed by atoms with van der Waals surface area (Å²) in [5.41, 5.74) is 1.10. The van der Waals surface area contributed by atoms with Crippen molar-refractivity contribution in [1.82, 2.24) is 10.6 Å². The van der Waals surface area contributed by atoms with Crippen LogP contribution in [-0.4, -0.2) is 25.4 Å². The number of likely N-dealkylation sites (N-methyl/N-ethyl adjacent to an activating group) is 1. The molecule has 17 heavy (non-hydrogen) atoms. The van der Waals surface area contributed by atoms with Crippen LogP contribution in [0.4, 0.5) is 10.1 Å². The highest BCUT2D eigenvalue weighted by Gasteiger charge is 2.30. The van der Waals surface area contributed by atoms with E-state index in [-0.39, 0.29) is 18.4 Å². The number of anilines is 1. The molecule has 1 aromatic carbocycles. The normalized spacial score (nSPS) is 17.5. The number of benzene rings is 1. The van der Waals surface area contributed by atoms with Crippen molar-refractivity contribution in [3.05, 3.63) is 29.6 Å². The molecule has 0 aromatic heterocycles. The van der Waals surface area contributed by atoms with Crippen LogP contribution in [-0.2, 0) is 9.59 Å². The first-order valence-electron chi connectivity index (χ1n) is 5.16. The zero-order valence-electron chi connectivity index (χ0n) is 9.21. The molecule has 3 N–H and O–H groups in total. The van der Waals surface area contributed by atoms with E-state index in [0.717, 1.165) is 0 Å². The highest BCUT2D eigenvalue weighted by Crippen LogP contribution is 2.30. The van der Waals surface area contributed by atoms with Gasteiger partial charge in [-0.2, -0.15) is 0 Å². The molecule has 1 unspecified atom stereocenters. The second kappa shape index (κ2) is 4.50. The maximum absolute atomic E-state index is 12.9. The Morgan fingerprint density at radius 3 is 3.00 bits per heavy atom. The smallest absolute Gasteiger partial charge is 0.246 e. The van der Waals surface area contributed by atoms with Crippen LogP contribution >= 0.6 is 0 Å². The Balaban J connectivity index is 2.15. The number of hydrogen-bond acceptors (Lipinski definition) is 3. The van der Waals surface area contributed by atoms with Gasteiger partial charge in [-0.1, -0.05) is 6.07 Å². The van der Waals surface area contributed by atoms with Crippen LogP contribution in [0.5, 0.6) is 0 Å². The Morgan fingerprint density at radius 2 is 2.29 bits per heavy atom. The van der Waals surface area contributed by atoms with Gasteiger partial charge in [-0.15, -0.1) is 0 Å². The lowest BCUT2D eigenvalue weighted by Gasteiger charge is -2.10. The minimum absolute atomic E-state index is 0.0331. The molecule has 0 fully saturated rings. The lowest BCUT2D eigenvalue weighted by atomic mass is 10.1. The summed E-state index contributed by atoms with van der Waals surface area (Å²) in [7, 11) is 1.52. The molecule has 0 bridgehead atoms. The van der Waals surface area contributed by atoms with Gasteiger partial charge in [-0.25, -0.2) is 4.39 Å². The quantitative estimate of drug-likeness (QED) is 0.701. The number of nitrogens with one attached hydrogen (secondary N) is 3. The summed E-state index contributed by atoms with van der Waals surface area (Å²) >= 11 is 0. The number of hydrogen-bond donors (Lipinski definition) is 3. The van der Waals surface area contributed by atoms with Crippen molar-refractivity contribution in [2.45, 2.75) is 6.04 Å². The first kappa shape index (κ1) is 11.5. The van der Waals surface area contributed by atoms with Crippen molar-refractivity contribution in [3.63, 3.8) is 0 Å². The third-order valence-corrected chi connectivity index (χ3v) is 2.59. The van der Waals surface area contributed by atoms with Crippen molar-refractivity contribution in [2.75, 3.05) is 18.9 Å². The van der Waals surface area contributed by atoms with Gasteiger partial charge in [0.25, 0.3) is 0 Å². The molecular formula is C11H12FN3O2. The fourth-order valence-corrected chi connectivity index (χ4v) is 1.72. The molecule has 1 aliphatic heterocycles. The minimum Gasteiger partial charge on any atom is -0.358 e. The molecule has 90 valence electrons. The maximum atomic E-state index is 12.9. The predicted molar refractivity (Wildman–Crippen MR) is 59.8 cm³/mol. The highest BCUT2D eigenvalue weighted by molar-refractivity contribution is 6.02. The van der Waals surface area contributed by atoms with Crippen LogP contribution in [0.2, 0.25) is 0 Å². The lowest BCUT2D eigenvalue weighted by molar-refractivity contribution is -0.120. The molecule has 0 saturated carbocycles. The number of halogens is 1. The van der Waals surface area contributed by atoms with Crippen molar-refractivity contribution >= 4 is 17.5 Å². The van der Waals surface area contributed by atoms with E-state index in [1.807, 2.05) is 0 Å². The van der Waals surface area contributed by atoms with Crippen molar-refractivity contribution in [1.29, 1.82) is 0 Å². The van der Waals surface area contributed by atoms with E-state index in [4.69, 9.17) is 0 Å². The molecule has 0 saturated heterocycles. The molecule has 1 heterocycles. The van der Waals surface area contributed by atoms with Gasteiger partial charge in [0.2, 0.25) is 11.8 Å². The summed E-state index contributed by atoms with van der Waals surface area (Å²) in [6.45, 7) is 0.0331. The molecule has 1 aliphatic rings. The van der Waals surface area contributed by atoms with Gasteiger partial charge in [0, 0.05) is 18.3 Å². The first-order chi connectivity index (χ1) is 8.11. The number of rotatable bonds is 3. The highest BCUT2D eigenvalue weighted by atomic mass is 19.1. The van der Waals surface area contributed by atoms with E-state index in [0.29, 0.717) is 11.3 Å². The Morgan fingerprint density at radius 1 is 1.53 bits per heavy atom. The molecule has 0 spiro atoms. The van der Waals surface area contributed by atoms with Crippen LogP contribution < -0.4 is 16.0 Å². The first-order valence-corrected chi connectivity index (χ1v) is 5.16. The minimum atomic E-state index is -0.608. The molecule has 0 radical (unpaired) electrons. The Kier molecular flexibility index (Phi) is 3.06. The molecule has 2 amide bonds. The zero-order valence-corrected chi connectivity index (χ0v) is 9.21. The lowest BCUT2D eigenvalue weighted by Crippen LogP contribution is -2.36. The average molecular weight is 237 g/mol. The Labute approximate surface area is 97.4 Å². The van der Waals surface area contributed by atoms with Gasteiger partial charge in [0.1, 0.15) is 11.9 Å². The number of amides is 2. The largest absolute Gasteiger partial charge is 0.358 e. The third kappa shape index (κ3) is 2.26. The second-order valence-corrected chi connectivity index (χ2v) is 3.71. The van der Waals surface area contributed by atoms with Gasteiger partial charge in [-0.05, 0) is 12.1 Å². The second-order valence-electron chi connectivity index (χ2n) is 3.71. The van der Waals surface area contributed by atoms with Crippen LogP contribution in [0, 0.1) is 5.82 Å². The molecule has 6 heteroatoms. The van der Waals surface area contributed by atoms with Crippen molar-refractivity contribution in [3.8, 4) is 0 Å². The molecule has 2 rings (SSSR count). The van der Waals surface area contributed by atoms with Gasteiger partial charge in [0.15, 0.2) is 0 Å². The summed E-state index contributed by atoms with van der Waals surface area (Å²) in [6.07, 6.45) is 0. The fourth-order valence-electron chi connectivity index (χ4n) is 1.72. The van der Waals surface area contributed by atoms with Gasteiger partial charge >= 0.3 is 0 Å². The Hall–Kier alpha value is -1.95. The summed E-state index contributed by atoms with van der Waals surface area (Å²) < 4.78 is 12.9. The number of carbonyl (C=O) groups excluding carboxylic acids is 2. The number of fused-ring (bicyclic) bond motifs is 1. The monoisotopic (exact) mass is 237 g/mol. The Bertz CT molecular complexity index is 476. The van der Waals surface area contributed by atoms with Crippen LogP contribution in [0.15, 0.2) is 18.2 Å². The predicted octanol–water partition coefficient (Wildman–Crippen LogP) is 0.154. The van der Waals surface area contributed by atoms with Crippen molar-refractivity contribution in [2.24, 2.45) is 0 Å². The average Bonchev–Trinajstić information content (AvgIpc) is 2.61. The zero-order chi connectivity index (χ0) is 12.4. The molecule has 1 aromatic rings. The molecule has 0 aliphatic carbocycles. The van der Waals surface area contributed by atoms with Crippen LogP contribution in [0.3, 0.4) is 0 Å². The topological polar surface area (TPSA) is 70.2 Å². The van der Waals surface area contributed by atoms with E-state index < -0.39 is 11.9 Å². The summed E-state index contributed by atoms with van der Waals surface area (Å²) in [6, 6.07) is 3.47. The molecule has 5 nitrogen and oxygen atoms in total. The van der Waals surface area contributed by atoms with E-state index in [2.05, 4.69) is 16.0 Å². The van der Waals surface area contributed by atoms with Gasteiger partial charge in [0.05, 0.1) is 6.54 Å². The van der Waals surface area contributed by atoms with Crippen LogP contribution in [0.25, 0.3) is 0 Å². The maximum Gasteiger partial charge on any atom is 0.246 e. The van der Waals surface area contributed by atoms with E-state index in [9.17, 15) is 14.0 Å². The molecule has 1 atom stereocenters. The standard InChI is InChI=1S/C11H12FN3O2/c1-13-9(16)5-14-10-7-3-2-6(12)4-8(7)15-11(10)17/h2-4,10,14H,5H2,1H3,(H,13,16)(H,15,17). The summed E-state index contributed by atoms with van der Waals surface area (Å²) in [4.78, 5) is 22.7. The van der Waals surface area contributed by atoms with Crippen molar-refractivity contribution < 1.29 is 14.0 Å². The summed E-state index contributed by atoms with van der Waals surface area (Å²) in [5.74, 6) is -0.904.